The van der Waals surface area contributed by atoms with E-state index in [1.54, 1.807) is 4.90 Å². The topological polar surface area (TPSA) is 49.5 Å². The van der Waals surface area contributed by atoms with Crippen LogP contribution in [0.25, 0.3) is 0 Å². The Hall–Kier alpha value is -0.630. The summed E-state index contributed by atoms with van der Waals surface area (Å²) in [6.45, 7) is 0.0489. The van der Waals surface area contributed by atoms with Crippen molar-refractivity contribution in [2.75, 3.05) is 19.6 Å². The Morgan fingerprint density at radius 1 is 1.33 bits per heavy atom. The lowest BCUT2D eigenvalue weighted by molar-refractivity contribution is -0.254. The van der Waals surface area contributed by atoms with Crippen molar-refractivity contribution >= 4 is 15.9 Å². The summed E-state index contributed by atoms with van der Waals surface area (Å²) in [7, 11) is 0. The van der Waals surface area contributed by atoms with Crippen LogP contribution < -0.4 is 5.73 Å². The highest BCUT2D eigenvalue weighted by molar-refractivity contribution is 9.10. The van der Waals surface area contributed by atoms with Gasteiger partial charge in [-0.2, -0.15) is 13.2 Å². The highest BCUT2D eigenvalue weighted by atomic mass is 79.9. The van der Waals surface area contributed by atoms with Crippen molar-refractivity contribution in [2.45, 2.75) is 30.7 Å². The predicted molar refractivity (Wildman–Crippen MR) is 77.9 cm³/mol. The summed E-state index contributed by atoms with van der Waals surface area (Å²) in [5, 5.41) is 9.73. The fourth-order valence-electron chi connectivity index (χ4n) is 2.62. The van der Waals surface area contributed by atoms with Crippen molar-refractivity contribution in [3.8, 4) is 0 Å². The Labute approximate surface area is 130 Å². The summed E-state index contributed by atoms with van der Waals surface area (Å²) in [4.78, 5) is 1.63. The lowest BCUT2D eigenvalue weighted by Gasteiger charge is -2.30. The molecule has 0 aliphatic carbocycles. The van der Waals surface area contributed by atoms with E-state index in [0.29, 0.717) is 6.42 Å². The van der Waals surface area contributed by atoms with Gasteiger partial charge in [0.25, 0.3) is 0 Å². The Morgan fingerprint density at radius 2 is 1.95 bits per heavy atom. The summed E-state index contributed by atoms with van der Waals surface area (Å²) in [5.74, 6) is 0. The molecular formula is C14H18BrF3N2O. The number of hydrogen-bond acceptors (Lipinski definition) is 3. The Bertz CT molecular complexity index is 480. The minimum absolute atomic E-state index is 0.203. The molecule has 1 aliphatic rings. The first kappa shape index (κ1) is 16.7. The number of alkyl halides is 3. The van der Waals surface area contributed by atoms with E-state index in [2.05, 4.69) is 15.9 Å². The number of halogens is 4. The third-order valence-electron chi connectivity index (χ3n) is 3.98. The van der Waals surface area contributed by atoms with Crippen molar-refractivity contribution in [3.05, 3.63) is 34.3 Å². The minimum atomic E-state index is -4.60. The summed E-state index contributed by atoms with van der Waals surface area (Å²) < 4.78 is 39.5. The smallest absolute Gasteiger partial charge is 0.379 e. The Kier molecular flexibility index (Phi) is 4.97. The second-order valence-corrected chi connectivity index (χ2v) is 6.39. The van der Waals surface area contributed by atoms with Crippen molar-refractivity contribution in [3.63, 3.8) is 0 Å². The molecular weight excluding hydrogens is 349 g/mol. The summed E-state index contributed by atoms with van der Waals surface area (Å²) in [5.41, 5.74) is 4.11. The zero-order chi connectivity index (χ0) is 15.7. The zero-order valence-electron chi connectivity index (χ0n) is 11.4. The normalized spacial score (nSPS) is 25.2. The zero-order valence-corrected chi connectivity index (χ0v) is 13.0. The van der Waals surface area contributed by atoms with Gasteiger partial charge in [0, 0.05) is 30.1 Å². The van der Waals surface area contributed by atoms with Crippen LogP contribution in [0.4, 0.5) is 13.2 Å². The minimum Gasteiger partial charge on any atom is -0.379 e. The fourth-order valence-corrected chi connectivity index (χ4v) is 2.88. The standard InChI is InChI=1S/C14H18BrF3N2O/c15-11-3-1-10(2-4-11)7-12(8-19)20-6-5-13(21,9-20)14(16,17)18/h1-4,12,21H,5-9,19H2/t12-,13-/m0/s1. The molecule has 0 amide bonds. The largest absolute Gasteiger partial charge is 0.418 e. The van der Waals surface area contributed by atoms with Crippen LogP contribution in [-0.4, -0.2) is 47.5 Å². The SMILES string of the molecule is NC[C@H](Cc1ccc(Br)cc1)N1CC[C@@](O)(C(F)(F)F)C1. The van der Waals surface area contributed by atoms with E-state index in [0.717, 1.165) is 10.0 Å². The second kappa shape index (κ2) is 6.24. The van der Waals surface area contributed by atoms with Crippen LogP contribution in [0.3, 0.4) is 0 Å². The molecule has 1 saturated heterocycles. The van der Waals surface area contributed by atoms with E-state index < -0.39 is 18.3 Å². The average molecular weight is 367 g/mol. The van der Waals surface area contributed by atoms with Crippen molar-refractivity contribution in [1.82, 2.24) is 4.90 Å². The molecule has 1 aromatic rings. The van der Waals surface area contributed by atoms with Gasteiger partial charge in [-0.25, -0.2) is 0 Å². The third-order valence-corrected chi connectivity index (χ3v) is 4.51. The quantitative estimate of drug-likeness (QED) is 0.859. The van der Waals surface area contributed by atoms with Crippen molar-refractivity contribution in [2.24, 2.45) is 5.73 Å². The molecule has 3 N–H and O–H groups in total. The van der Waals surface area contributed by atoms with Crippen molar-refractivity contribution in [1.29, 1.82) is 0 Å². The molecule has 7 heteroatoms. The maximum atomic E-state index is 12.8. The van der Waals surface area contributed by atoms with Crippen LogP contribution in [-0.2, 0) is 6.42 Å². The van der Waals surface area contributed by atoms with E-state index >= 15 is 0 Å². The number of hydrogen-bond donors (Lipinski definition) is 2. The highest BCUT2D eigenvalue weighted by Gasteiger charge is 2.57. The molecule has 0 aromatic heterocycles. The number of rotatable bonds is 4. The molecule has 0 spiro atoms. The molecule has 1 heterocycles. The lowest BCUT2D eigenvalue weighted by atomic mass is 10.0. The maximum Gasteiger partial charge on any atom is 0.418 e. The van der Waals surface area contributed by atoms with E-state index in [-0.39, 0.29) is 25.6 Å². The predicted octanol–water partition coefficient (Wildman–Crippen LogP) is 2.32. The van der Waals surface area contributed by atoms with Crippen LogP contribution in [0.15, 0.2) is 28.7 Å². The van der Waals surface area contributed by atoms with Gasteiger partial charge in [0.1, 0.15) is 0 Å². The van der Waals surface area contributed by atoms with Gasteiger partial charge in [-0.15, -0.1) is 0 Å². The maximum absolute atomic E-state index is 12.8. The molecule has 1 aliphatic heterocycles. The second-order valence-electron chi connectivity index (χ2n) is 5.47. The van der Waals surface area contributed by atoms with Crippen LogP contribution in [0.2, 0.25) is 0 Å². The number of nitrogens with zero attached hydrogens (tertiary/aromatic N) is 1. The summed E-state index contributed by atoms with van der Waals surface area (Å²) in [6.07, 6.45) is -4.33. The first-order chi connectivity index (χ1) is 9.75. The third kappa shape index (κ3) is 3.77. The highest BCUT2D eigenvalue weighted by Crippen LogP contribution is 2.38. The molecule has 0 saturated carbocycles. The summed E-state index contributed by atoms with van der Waals surface area (Å²) in [6, 6.07) is 7.40. The number of benzene rings is 1. The molecule has 0 radical (unpaired) electrons. The Balaban J connectivity index is 2.04. The molecule has 1 aromatic carbocycles. The molecule has 3 nitrogen and oxygen atoms in total. The first-order valence-corrected chi connectivity index (χ1v) is 7.52. The van der Waals surface area contributed by atoms with Gasteiger partial charge < -0.3 is 10.8 Å². The van der Waals surface area contributed by atoms with Crippen LogP contribution >= 0.6 is 15.9 Å². The van der Waals surface area contributed by atoms with Gasteiger partial charge in [0.15, 0.2) is 5.60 Å². The van der Waals surface area contributed by atoms with E-state index in [9.17, 15) is 18.3 Å². The number of nitrogens with two attached hydrogens (primary N) is 1. The average Bonchev–Trinajstić information content (AvgIpc) is 2.81. The van der Waals surface area contributed by atoms with E-state index in [1.165, 1.54) is 0 Å². The van der Waals surface area contributed by atoms with Gasteiger partial charge in [0.2, 0.25) is 0 Å². The van der Waals surface area contributed by atoms with Gasteiger partial charge in [0.05, 0.1) is 0 Å². The molecule has 2 rings (SSSR count). The molecule has 0 bridgehead atoms. The van der Waals surface area contributed by atoms with Crippen LogP contribution in [0.1, 0.15) is 12.0 Å². The molecule has 21 heavy (non-hydrogen) atoms. The van der Waals surface area contributed by atoms with E-state index in [1.807, 2.05) is 24.3 Å². The first-order valence-electron chi connectivity index (χ1n) is 6.73. The van der Waals surface area contributed by atoms with Gasteiger partial charge in [-0.1, -0.05) is 28.1 Å². The molecule has 2 atom stereocenters. The van der Waals surface area contributed by atoms with Crippen LogP contribution in [0, 0.1) is 0 Å². The molecule has 118 valence electrons. The van der Waals surface area contributed by atoms with Gasteiger partial charge in [-0.05, 0) is 30.5 Å². The molecule has 1 fully saturated rings. The van der Waals surface area contributed by atoms with E-state index in [4.69, 9.17) is 5.73 Å². The van der Waals surface area contributed by atoms with Crippen LogP contribution in [0.5, 0.6) is 0 Å². The Morgan fingerprint density at radius 3 is 2.43 bits per heavy atom. The number of likely N-dealkylation sites (tertiary alicyclic amines) is 1. The monoisotopic (exact) mass is 366 g/mol. The van der Waals surface area contributed by atoms with Gasteiger partial charge >= 0.3 is 6.18 Å². The van der Waals surface area contributed by atoms with Crippen molar-refractivity contribution < 1.29 is 18.3 Å². The number of aliphatic hydroxyl groups is 1. The number of β-amino-alcohol motifs (C(OH)–C–C–N with tert-alkyl or cyclic N) is 1. The summed E-state index contributed by atoms with van der Waals surface area (Å²) >= 11 is 3.34. The lowest BCUT2D eigenvalue weighted by Crippen LogP contribution is -2.50. The van der Waals surface area contributed by atoms with Gasteiger partial charge in [-0.3, -0.25) is 4.90 Å². The fraction of sp³-hybridized carbons (Fsp3) is 0.571. The molecule has 0 unspecified atom stereocenters.